The van der Waals surface area contributed by atoms with Crippen LogP contribution in [-0.2, 0) is 7.05 Å². The lowest BCUT2D eigenvalue weighted by Crippen LogP contribution is -1.95. The van der Waals surface area contributed by atoms with Gasteiger partial charge in [0, 0.05) is 23.3 Å². The van der Waals surface area contributed by atoms with Gasteiger partial charge < -0.3 is 0 Å². The van der Waals surface area contributed by atoms with Gasteiger partial charge in [0.05, 0.1) is 0 Å². The molecular weight excluding hydrogens is 364 g/mol. The molecule has 1 aromatic carbocycles. The number of nitrogens with zero attached hydrogens (tertiary/aromatic N) is 4. The van der Waals surface area contributed by atoms with E-state index in [-0.39, 0.29) is 0 Å². The highest BCUT2D eigenvalue weighted by Crippen LogP contribution is 2.29. The number of hydrogen-bond donors (Lipinski definition) is 0. The Hall–Kier alpha value is -2.14. The van der Waals surface area contributed by atoms with Crippen LogP contribution in [0.3, 0.4) is 0 Å². The quantitative estimate of drug-likeness (QED) is 0.345. The first kappa shape index (κ1) is 22.2. The van der Waals surface area contributed by atoms with E-state index < -0.39 is 0 Å². The van der Waals surface area contributed by atoms with E-state index in [1.165, 1.54) is 21.6 Å². The molecule has 0 amide bonds. The first-order chi connectivity index (χ1) is 13.5. The monoisotopic (exact) mass is 396 g/mol. The van der Waals surface area contributed by atoms with Crippen molar-refractivity contribution in [1.82, 2.24) is 20.2 Å². The van der Waals surface area contributed by atoms with Crippen LogP contribution in [0.5, 0.6) is 0 Å². The molecule has 150 valence electrons. The molecule has 0 N–H and O–H groups in total. The minimum atomic E-state index is 0.803. The number of thioether (sulfide) groups is 1. The van der Waals surface area contributed by atoms with Gasteiger partial charge >= 0.3 is 0 Å². The largest absolute Gasteiger partial charge is 0.229 e. The number of rotatable bonds is 10. The molecule has 0 atom stereocenters. The van der Waals surface area contributed by atoms with Crippen molar-refractivity contribution in [3.63, 3.8) is 0 Å². The molecule has 2 rings (SSSR count). The molecule has 0 saturated carbocycles. The van der Waals surface area contributed by atoms with Crippen molar-refractivity contribution in [2.24, 2.45) is 7.05 Å². The van der Waals surface area contributed by atoms with Gasteiger partial charge in [0.15, 0.2) is 5.82 Å². The summed E-state index contributed by atoms with van der Waals surface area (Å²) in [6.07, 6.45) is 11.6. The molecule has 0 unspecified atom stereocenters. The fourth-order valence-electron chi connectivity index (χ4n) is 2.85. The van der Waals surface area contributed by atoms with E-state index in [4.69, 9.17) is 0 Å². The normalized spacial score (nSPS) is 12.3. The summed E-state index contributed by atoms with van der Waals surface area (Å²) in [4.78, 5) is 1.21. The predicted octanol–water partition coefficient (Wildman–Crippen LogP) is 6.39. The summed E-state index contributed by atoms with van der Waals surface area (Å²) in [5.74, 6) is 1.76. The smallest absolute Gasteiger partial charge is 0.182 e. The molecule has 1 heterocycles. The summed E-state index contributed by atoms with van der Waals surface area (Å²) in [6.45, 7) is 8.79. The minimum absolute atomic E-state index is 0.803. The Kier molecular flexibility index (Phi) is 9.21. The zero-order valence-corrected chi connectivity index (χ0v) is 18.6. The zero-order chi connectivity index (χ0) is 20.4. The lowest BCUT2D eigenvalue weighted by molar-refractivity contribution is 0.714. The van der Waals surface area contributed by atoms with Gasteiger partial charge in [-0.25, -0.2) is 4.68 Å². The second-order valence-electron chi connectivity index (χ2n) is 7.39. The molecule has 0 spiro atoms. The molecule has 0 fully saturated rings. The Morgan fingerprint density at radius 3 is 2.32 bits per heavy atom. The highest BCUT2D eigenvalue weighted by Gasteiger charge is 2.10. The maximum absolute atomic E-state index is 4.14. The van der Waals surface area contributed by atoms with E-state index in [1.807, 2.05) is 24.9 Å². The van der Waals surface area contributed by atoms with E-state index in [0.717, 1.165) is 42.8 Å². The number of benzene rings is 1. The summed E-state index contributed by atoms with van der Waals surface area (Å²) in [5, 5.41) is 11.8. The van der Waals surface area contributed by atoms with Crippen molar-refractivity contribution in [2.45, 2.75) is 58.3 Å². The molecule has 5 heteroatoms. The molecule has 0 aliphatic rings. The van der Waals surface area contributed by atoms with Crippen LogP contribution in [0.2, 0.25) is 0 Å². The SMILES string of the molecule is CC(C)=CCC/C(C)=C/CC/C(C)=C/CSc1ccccc1-c1nnnn1C. The fourth-order valence-corrected chi connectivity index (χ4v) is 3.88. The maximum Gasteiger partial charge on any atom is 0.182 e. The molecule has 1 aromatic heterocycles. The summed E-state index contributed by atoms with van der Waals surface area (Å²) in [7, 11) is 1.87. The minimum Gasteiger partial charge on any atom is -0.229 e. The van der Waals surface area contributed by atoms with Gasteiger partial charge in [-0.2, -0.15) is 0 Å². The Morgan fingerprint density at radius 1 is 0.964 bits per heavy atom. The van der Waals surface area contributed by atoms with Crippen molar-refractivity contribution in [3.05, 3.63) is 59.2 Å². The molecule has 0 radical (unpaired) electrons. The van der Waals surface area contributed by atoms with Gasteiger partial charge in [0.1, 0.15) is 0 Å². The van der Waals surface area contributed by atoms with Crippen molar-refractivity contribution in [2.75, 3.05) is 5.75 Å². The van der Waals surface area contributed by atoms with Crippen LogP contribution in [0, 0.1) is 0 Å². The molecular formula is C23H32N4S. The highest BCUT2D eigenvalue weighted by molar-refractivity contribution is 7.99. The van der Waals surface area contributed by atoms with Crippen LogP contribution < -0.4 is 0 Å². The van der Waals surface area contributed by atoms with E-state index in [1.54, 1.807) is 4.68 Å². The van der Waals surface area contributed by atoms with Crippen LogP contribution >= 0.6 is 11.8 Å². The van der Waals surface area contributed by atoms with Crippen LogP contribution in [0.4, 0.5) is 0 Å². The predicted molar refractivity (Wildman–Crippen MR) is 120 cm³/mol. The Bertz CT molecular complexity index is 842. The first-order valence-corrected chi connectivity index (χ1v) is 10.8. The standard InChI is InChI=1S/C23H32N4S/c1-18(2)10-8-11-19(3)12-9-13-20(4)16-17-28-22-15-7-6-14-21(22)23-24-25-26-27(23)5/h6-7,10,12,14-16H,8-9,11,13,17H2,1-5H3/b19-12+,20-16+. The molecule has 0 aliphatic heterocycles. The van der Waals surface area contributed by atoms with Gasteiger partial charge in [0.2, 0.25) is 0 Å². The average molecular weight is 397 g/mol. The summed E-state index contributed by atoms with van der Waals surface area (Å²) < 4.78 is 1.72. The van der Waals surface area contributed by atoms with E-state index in [9.17, 15) is 0 Å². The molecule has 4 nitrogen and oxygen atoms in total. The van der Waals surface area contributed by atoms with E-state index in [0.29, 0.717) is 0 Å². The van der Waals surface area contributed by atoms with E-state index >= 15 is 0 Å². The lowest BCUT2D eigenvalue weighted by Gasteiger charge is -2.07. The number of aromatic nitrogens is 4. The number of tetrazole rings is 1. The van der Waals surface area contributed by atoms with E-state index in [2.05, 4.69) is 79.6 Å². The van der Waals surface area contributed by atoms with Crippen molar-refractivity contribution < 1.29 is 0 Å². The van der Waals surface area contributed by atoms with Crippen LogP contribution in [0.25, 0.3) is 11.4 Å². The number of hydrogen-bond acceptors (Lipinski definition) is 4. The third-order valence-electron chi connectivity index (χ3n) is 4.54. The average Bonchev–Trinajstić information content (AvgIpc) is 3.07. The molecule has 0 aliphatic carbocycles. The maximum atomic E-state index is 4.14. The number of allylic oxidation sites excluding steroid dienone is 5. The zero-order valence-electron chi connectivity index (χ0n) is 17.8. The second kappa shape index (κ2) is 11.6. The lowest BCUT2D eigenvalue weighted by atomic mass is 10.1. The topological polar surface area (TPSA) is 43.6 Å². The molecule has 0 saturated heterocycles. The third-order valence-corrected chi connectivity index (χ3v) is 5.54. The summed E-state index contributed by atoms with van der Waals surface area (Å²) >= 11 is 1.83. The van der Waals surface area contributed by atoms with Gasteiger partial charge in [0.25, 0.3) is 0 Å². The first-order valence-electron chi connectivity index (χ1n) is 9.86. The molecule has 0 bridgehead atoms. The highest BCUT2D eigenvalue weighted by atomic mass is 32.2. The Labute approximate surface area is 173 Å². The van der Waals surface area contributed by atoms with Crippen molar-refractivity contribution in [1.29, 1.82) is 0 Å². The van der Waals surface area contributed by atoms with Gasteiger partial charge in [-0.05, 0) is 75.9 Å². The summed E-state index contributed by atoms with van der Waals surface area (Å²) in [5.41, 5.74) is 5.42. The summed E-state index contributed by atoms with van der Waals surface area (Å²) in [6, 6.07) is 8.31. The van der Waals surface area contributed by atoms with Crippen LogP contribution in [0.15, 0.2) is 64.1 Å². The second-order valence-corrected chi connectivity index (χ2v) is 8.45. The fraction of sp³-hybridized carbons (Fsp3) is 0.435. The molecule has 28 heavy (non-hydrogen) atoms. The van der Waals surface area contributed by atoms with Gasteiger partial charge in [-0.3, -0.25) is 0 Å². The van der Waals surface area contributed by atoms with Crippen LogP contribution in [0.1, 0.15) is 53.4 Å². The Morgan fingerprint density at radius 2 is 1.64 bits per heavy atom. The Balaban J connectivity index is 1.83. The molecule has 2 aromatic rings. The van der Waals surface area contributed by atoms with Crippen molar-refractivity contribution in [3.8, 4) is 11.4 Å². The number of aryl methyl sites for hydroxylation is 1. The van der Waals surface area contributed by atoms with Crippen molar-refractivity contribution >= 4 is 11.8 Å². The third kappa shape index (κ3) is 7.47. The van der Waals surface area contributed by atoms with Gasteiger partial charge in [-0.1, -0.05) is 47.1 Å². The van der Waals surface area contributed by atoms with Gasteiger partial charge in [-0.15, -0.1) is 16.9 Å². The van der Waals surface area contributed by atoms with Crippen LogP contribution in [-0.4, -0.2) is 26.0 Å².